The van der Waals surface area contributed by atoms with Crippen molar-refractivity contribution in [2.75, 3.05) is 25.6 Å². The molecule has 20 heteroatoms. The van der Waals surface area contributed by atoms with Crippen molar-refractivity contribution >= 4 is 33.4 Å². The lowest BCUT2D eigenvalue weighted by Crippen LogP contribution is -2.36. The van der Waals surface area contributed by atoms with Crippen molar-refractivity contribution in [3.05, 3.63) is 22.7 Å². The smallest absolute Gasteiger partial charge is 0.462 e. The maximum atomic E-state index is 12.8. The van der Waals surface area contributed by atoms with Gasteiger partial charge in [0.25, 0.3) is 0 Å². The molecular formula is C44H81N3O15P2. The summed E-state index contributed by atoms with van der Waals surface area (Å²) in [6, 6.07) is 1.25. The molecule has 6 N–H and O–H groups in total. The summed E-state index contributed by atoms with van der Waals surface area (Å²) in [7, 11) is -10.8. The third kappa shape index (κ3) is 26.2. The van der Waals surface area contributed by atoms with Crippen molar-refractivity contribution in [1.82, 2.24) is 9.55 Å². The lowest BCUT2D eigenvalue weighted by Gasteiger charge is -2.21. The predicted octanol–water partition coefficient (Wildman–Crippen LogP) is 8.82. The molecule has 1 aliphatic heterocycles. The number of esters is 2. The molecule has 0 amide bonds. The normalized spacial score (nSPS) is 20.5. The van der Waals surface area contributed by atoms with Gasteiger partial charge in [-0.3, -0.25) is 23.2 Å². The number of hydrogen-bond acceptors (Lipinski definition) is 15. The van der Waals surface area contributed by atoms with Crippen LogP contribution in [0.4, 0.5) is 5.82 Å². The van der Waals surface area contributed by atoms with Crippen LogP contribution in [0.1, 0.15) is 188 Å². The Hall–Kier alpha value is -2.24. The number of aliphatic hydroxyl groups excluding tert-OH is 2. The summed E-state index contributed by atoms with van der Waals surface area (Å²) in [6.45, 7) is 6.74. The fraction of sp³-hybridized carbons (Fsp3) is 0.864. The van der Waals surface area contributed by atoms with Gasteiger partial charge in [-0.2, -0.15) is 9.29 Å². The minimum Gasteiger partial charge on any atom is -0.462 e. The molecule has 0 radical (unpaired) electrons. The lowest BCUT2D eigenvalue weighted by atomic mass is 9.99. The van der Waals surface area contributed by atoms with E-state index in [0.29, 0.717) is 12.8 Å². The Morgan fingerprint density at radius 3 is 1.78 bits per heavy atom. The Morgan fingerprint density at radius 2 is 1.25 bits per heavy atom. The first-order valence-corrected chi connectivity index (χ1v) is 26.8. The van der Waals surface area contributed by atoms with Crippen LogP contribution >= 0.6 is 15.6 Å². The zero-order valence-electron chi connectivity index (χ0n) is 38.9. The van der Waals surface area contributed by atoms with E-state index in [9.17, 15) is 43.5 Å². The fourth-order valence-corrected chi connectivity index (χ4v) is 9.41. The zero-order chi connectivity index (χ0) is 47.4. The highest BCUT2D eigenvalue weighted by Gasteiger charge is 2.46. The maximum absolute atomic E-state index is 12.8. The van der Waals surface area contributed by atoms with Crippen LogP contribution in [0.5, 0.6) is 0 Å². The van der Waals surface area contributed by atoms with Crippen LogP contribution in [-0.4, -0.2) is 85.7 Å². The number of hydrogen-bond donors (Lipinski definition) is 5. The van der Waals surface area contributed by atoms with Gasteiger partial charge in [0.2, 0.25) is 0 Å². The van der Waals surface area contributed by atoms with Gasteiger partial charge in [0.1, 0.15) is 30.7 Å². The molecule has 2 rings (SSSR count). The molecule has 1 aromatic heterocycles. The number of aromatic nitrogens is 2. The summed E-state index contributed by atoms with van der Waals surface area (Å²) in [6.07, 6.45) is 17.9. The summed E-state index contributed by atoms with van der Waals surface area (Å²) in [4.78, 5) is 61.7. The molecule has 0 aliphatic carbocycles. The second kappa shape index (κ2) is 32.5. The number of ether oxygens (including phenoxy) is 3. The van der Waals surface area contributed by atoms with Crippen molar-refractivity contribution in [3.63, 3.8) is 0 Å². The molecule has 1 aliphatic rings. The van der Waals surface area contributed by atoms with E-state index in [1.165, 1.54) is 89.3 Å². The lowest BCUT2D eigenvalue weighted by molar-refractivity contribution is -0.161. The third-order valence-corrected chi connectivity index (χ3v) is 14.0. The summed E-state index contributed by atoms with van der Waals surface area (Å²) in [5.41, 5.74) is 4.58. The molecule has 2 heterocycles. The Balaban J connectivity index is 1.82. The number of nitrogens with zero attached hydrogens (tertiary/aromatic N) is 2. The highest BCUT2D eigenvalue weighted by molar-refractivity contribution is 7.61. The highest BCUT2D eigenvalue weighted by Crippen LogP contribution is 2.60. The van der Waals surface area contributed by atoms with Crippen molar-refractivity contribution in [2.24, 2.45) is 11.8 Å². The highest BCUT2D eigenvalue weighted by atomic mass is 31.3. The molecule has 4 unspecified atom stereocenters. The van der Waals surface area contributed by atoms with E-state index in [-0.39, 0.29) is 18.7 Å². The molecule has 64 heavy (non-hydrogen) atoms. The first kappa shape index (κ1) is 57.9. The number of phosphoric ester groups is 2. The van der Waals surface area contributed by atoms with Gasteiger partial charge in [-0.25, -0.2) is 13.9 Å². The molecule has 0 bridgehead atoms. The van der Waals surface area contributed by atoms with Gasteiger partial charge in [-0.1, -0.05) is 156 Å². The van der Waals surface area contributed by atoms with Gasteiger partial charge in [0.15, 0.2) is 12.3 Å². The molecule has 1 fully saturated rings. The number of carbonyl (C=O) groups excluding carboxylic acids is 2. The van der Waals surface area contributed by atoms with Crippen LogP contribution in [0.2, 0.25) is 0 Å². The molecule has 0 spiro atoms. The van der Waals surface area contributed by atoms with Gasteiger partial charge >= 0.3 is 33.3 Å². The van der Waals surface area contributed by atoms with Crippen molar-refractivity contribution in [3.8, 4) is 0 Å². The van der Waals surface area contributed by atoms with E-state index in [4.69, 9.17) is 29.0 Å². The number of nitrogens with two attached hydrogens (primary N) is 1. The molecule has 18 nitrogen and oxygen atoms in total. The minimum absolute atomic E-state index is 0.0553. The zero-order valence-corrected chi connectivity index (χ0v) is 40.7. The number of carbonyl (C=O) groups is 2. The van der Waals surface area contributed by atoms with Crippen LogP contribution in [0.25, 0.3) is 0 Å². The van der Waals surface area contributed by atoms with E-state index in [0.717, 1.165) is 67.8 Å². The molecular weight excluding hydrogens is 872 g/mol. The van der Waals surface area contributed by atoms with Gasteiger partial charge in [-0.15, -0.1) is 0 Å². The summed E-state index contributed by atoms with van der Waals surface area (Å²) in [5, 5.41) is 20.9. The van der Waals surface area contributed by atoms with E-state index in [1.54, 1.807) is 0 Å². The van der Waals surface area contributed by atoms with Crippen LogP contribution in [0.15, 0.2) is 17.1 Å². The molecule has 1 saturated heterocycles. The number of aliphatic hydroxyl groups is 2. The summed E-state index contributed by atoms with van der Waals surface area (Å²) < 4.78 is 56.7. The first-order valence-electron chi connectivity index (χ1n) is 23.8. The summed E-state index contributed by atoms with van der Waals surface area (Å²) in [5.74, 6) is 0.251. The number of rotatable bonds is 38. The van der Waals surface area contributed by atoms with Crippen LogP contribution < -0.4 is 11.4 Å². The van der Waals surface area contributed by atoms with Crippen LogP contribution in [0, 0.1) is 11.8 Å². The molecule has 372 valence electrons. The first-order chi connectivity index (χ1) is 30.4. The van der Waals surface area contributed by atoms with Gasteiger partial charge < -0.3 is 39.9 Å². The fourth-order valence-electron chi connectivity index (χ4n) is 7.30. The SMILES string of the molecule is CCC(C)CCCCCCCCCCC(=O)OC[C@H](COP(=O)(O)OP(=O)(O)OC[C@H]1O[C@@H](n2ccc(N)nc2=O)C(O)[C@H]1O)OC(=O)CCCCCCCCCCCCCC(C)C. The Bertz CT molecular complexity index is 1600. The Labute approximate surface area is 380 Å². The molecule has 0 aromatic carbocycles. The molecule has 8 atom stereocenters. The van der Waals surface area contributed by atoms with Gasteiger partial charge in [0, 0.05) is 19.0 Å². The summed E-state index contributed by atoms with van der Waals surface area (Å²) >= 11 is 0. The quantitative estimate of drug-likeness (QED) is 0.0235. The largest absolute Gasteiger partial charge is 0.481 e. The second-order valence-electron chi connectivity index (χ2n) is 17.7. The molecule has 0 saturated carbocycles. The van der Waals surface area contributed by atoms with Crippen LogP contribution in [-0.2, 0) is 46.3 Å². The number of anilines is 1. The van der Waals surface area contributed by atoms with E-state index < -0.39 is 83.7 Å². The van der Waals surface area contributed by atoms with Crippen molar-refractivity contribution in [2.45, 2.75) is 212 Å². The van der Waals surface area contributed by atoms with Gasteiger partial charge in [-0.05, 0) is 30.7 Å². The average molecular weight is 954 g/mol. The second-order valence-corrected chi connectivity index (χ2v) is 20.7. The number of phosphoric acid groups is 2. The topological polar surface area (TPSA) is 265 Å². The van der Waals surface area contributed by atoms with E-state index >= 15 is 0 Å². The standard InChI is InChI=1S/C44H81N3O15P2/c1-5-35(4)26-22-18-14-11-12-15-19-23-27-39(48)57-31-36(60-40(49)28-24-20-16-10-8-6-7-9-13-17-21-25-34(2)3)32-58-63(53,54)62-64(55,56)59-33-37-41(50)42(51)43(61-37)47-30-29-38(45)46-44(47)52/h29-30,34-37,41-43,50-51H,5-28,31-33H2,1-4H3,(H,53,54)(H,55,56)(H2,45,46,52)/t35?,36-,37-,41+,42?,43-/m1/s1. The van der Waals surface area contributed by atoms with E-state index in [2.05, 4.69) is 37.0 Å². The number of unbranched alkanes of at least 4 members (excludes halogenated alkanes) is 17. The minimum atomic E-state index is -5.41. The van der Waals surface area contributed by atoms with Crippen LogP contribution in [0.3, 0.4) is 0 Å². The monoisotopic (exact) mass is 954 g/mol. The predicted molar refractivity (Wildman–Crippen MR) is 243 cm³/mol. The van der Waals surface area contributed by atoms with Gasteiger partial charge in [0.05, 0.1) is 13.2 Å². The maximum Gasteiger partial charge on any atom is 0.481 e. The Morgan fingerprint density at radius 1 is 0.750 bits per heavy atom. The van der Waals surface area contributed by atoms with Crippen molar-refractivity contribution in [1.29, 1.82) is 0 Å². The van der Waals surface area contributed by atoms with E-state index in [1.807, 2.05) is 0 Å². The third-order valence-electron chi connectivity index (χ3n) is 11.4. The van der Waals surface area contributed by atoms with Crippen molar-refractivity contribution < 1.29 is 66.3 Å². The Kier molecular flexibility index (Phi) is 29.4. The molecule has 1 aromatic rings. The number of nitrogen functional groups attached to an aromatic ring is 1. The average Bonchev–Trinajstić information content (AvgIpc) is 3.51.